The van der Waals surface area contributed by atoms with Gasteiger partial charge in [0.25, 0.3) is 5.91 Å². The summed E-state index contributed by atoms with van der Waals surface area (Å²) in [4.78, 5) is 19.6. The molecule has 0 saturated carbocycles. The zero-order valence-electron chi connectivity index (χ0n) is 12.7. The van der Waals surface area contributed by atoms with Crippen molar-refractivity contribution < 1.29 is 4.79 Å². The van der Waals surface area contributed by atoms with Crippen molar-refractivity contribution in [1.29, 1.82) is 0 Å². The summed E-state index contributed by atoms with van der Waals surface area (Å²) >= 11 is 3.38. The van der Waals surface area contributed by atoms with Gasteiger partial charge in [-0.15, -0.1) is 22.7 Å². The van der Waals surface area contributed by atoms with Crippen LogP contribution in [0, 0.1) is 12.8 Å². The number of amides is 1. The van der Waals surface area contributed by atoms with Gasteiger partial charge in [-0.2, -0.15) is 0 Å². The second kappa shape index (κ2) is 5.80. The fraction of sp³-hybridized carbons (Fsp3) is 0.471. The molecule has 1 atom stereocenters. The van der Waals surface area contributed by atoms with Crippen LogP contribution < -0.4 is 5.32 Å². The van der Waals surface area contributed by atoms with Crippen LogP contribution in [0.3, 0.4) is 0 Å². The Kier molecular flexibility index (Phi) is 3.80. The number of fused-ring (bicyclic) bond motifs is 3. The predicted molar refractivity (Wildman–Crippen MR) is 92.8 cm³/mol. The molecule has 22 heavy (non-hydrogen) atoms. The van der Waals surface area contributed by atoms with Gasteiger partial charge in [0.15, 0.2) is 0 Å². The number of aryl methyl sites for hydroxylation is 1. The average molecular weight is 332 g/mol. The number of piperidine rings is 3. The van der Waals surface area contributed by atoms with Crippen molar-refractivity contribution in [3.8, 4) is 9.75 Å². The van der Waals surface area contributed by atoms with Crippen molar-refractivity contribution >= 4 is 28.6 Å². The first-order valence-electron chi connectivity index (χ1n) is 7.89. The Labute approximate surface area is 139 Å². The molecule has 3 nitrogen and oxygen atoms in total. The minimum absolute atomic E-state index is 0.100. The summed E-state index contributed by atoms with van der Waals surface area (Å²) in [5.74, 6) is 0.775. The molecule has 2 bridgehead atoms. The molecule has 0 radical (unpaired) electrons. The van der Waals surface area contributed by atoms with Crippen molar-refractivity contribution in [3.63, 3.8) is 0 Å². The fourth-order valence-corrected chi connectivity index (χ4v) is 5.39. The van der Waals surface area contributed by atoms with Crippen LogP contribution in [0.2, 0.25) is 0 Å². The van der Waals surface area contributed by atoms with E-state index in [2.05, 4.69) is 35.3 Å². The molecule has 3 saturated heterocycles. The maximum absolute atomic E-state index is 12.5. The monoisotopic (exact) mass is 332 g/mol. The van der Waals surface area contributed by atoms with Gasteiger partial charge in [-0.25, -0.2) is 0 Å². The third kappa shape index (κ3) is 2.73. The van der Waals surface area contributed by atoms with Crippen LogP contribution in [-0.2, 0) is 0 Å². The highest BCUT2D eigenvalue weighted by molar-refractivity contribution is 7.23. The zero-order chi connectivity index (χ0) is 15.1. The van der Waals surface area contributed by atoms with E-state index in [0.717, 1.165) is 11.4 Å². The third-order valence-corrected chi connectivity index (χ3v) is 7.07. The number of nitrogens with zero attached hydrogens (tertiary/aromatic N) is 1. The van der Waals surface area contributed by atoms with E-state index < -0.39 is 0 Å². The van der Waals surface area contributed by atoms with Crippen molar-refractivity contribution in [3.05, 3.63) is 34.0 Å². The number of hydrogen-bond acceptors (Lipinski definition) is 4. The Morgan fingerprint density at radius 2 is 1.86 bits per heavy atom. The van der Waals surface area contributed by atoms with E-state index in [1.165, 1.54) is 40.6 Å². The number of nitrogens with one attached hydrogen (secondary N) is 1. The van der Waals surface area contributed by atoms with E-state index in [1.807, 2.05) is 6.07 Å². The van der Waals surface area contributed by atoms with Crippen LogP contribution in [0.25, 0.3) is 9.75 Å². The van der Waals surface area contributed by atoms with Crippen LogP contribution in [0.15, 0.2) is 24.3 Å². The highest BCUT2D eigenvalue weighted by Crippen LogP contribution is 2.34. The van der Waals surface area contributed by atoms with Crippen LogP contribution >= 0.6 is 22.7 Å². The average Bonchev–Trinajstić information content (AvgIpc) is 3.17. The van der Waals surface area contributed by atoms with E-state index in [4.69, 9.17) is 0 Å². The second-order valence-electron chi connectivity index (χ2n) is 6.29. The molecule has 0 aromatic carbocycles. The fourth-order valence-electron chi connectivity index (χ4n) is 3.53. The lowest BCUT2D eigenvalue weighted by Gasteiger charge is -2.44. The van der Waals surface area contributed by atoms with Crippen LogP contribution in [0.5, 0.6) is 0 Å². The van der Waals surface area contributed by atoms with Gasteiger partial charge in [0.2, 0.25) is 0 Å². The molecular weight excluding hydrogens is 312 g/mol. The molecule has 3 fully saturated rings. The first-order chi connectivity index (χ1) is 10.7. The number of carbonyl (C=O) groups is 1. The van der Waals surface area contributed by atoms with Crippen molar-refractivity contribution in [2.45, 2.75) is 25.8 Å². The summed E-state index contributed by atoms with van der Waals surface area (Å²) < 4.78 is 0. The van der Waals surface area contributed by atoms with E-state index >= 15 is 0 Å². The first kappa shape index (κ1) is 14.4. The minimum Gasteiger partial charge on any atom is -0.347 e. The summed E-state index contributed by atoms with van der Waals surface area (Å²) in [7, 11) is 0. The Morgan fingerprint density at radius 3 is 2.50 bits per heavy atom. The lowest BCUT2D eigenvalue weighted by atomic mass is 9.84. The van der Waals surface area contributed by atoms with E-state index in [0.29, 0.717) is 12.0 Å². The Balaban J connectivity index is 1.46. The van der Waals surface area contributed by atoms with Crippen molar-refractivity contribution in [1.82, 2.24) is 10.2 Å². The first-order valence-corrected chi connectivity index (χ1v) is 9.52. The van der Waals surface area contributed by atoms with Crippen LogP contribution in [-0.4, -0.2) is 36.5 Å². The Bertz CT molecular complexity index is 682. The lowest BCUT2D eigenvalue weighted by molar-refractivity contribution is 0.0622. The van der Waals surface area contributed by atoms with Gasteiger partial charge in [0, 0.05) is 27.2 Å². The molecule has 5 rings (SSSR count). The Morgan fingerprint density at radius 1 is 1.14 bits per heavy atom. The standard InChI is InChI=1S/C17H20N2OS2/c1-11-2-3-14(21-11)15-4-5-16(22-15)17(20)18-13-10-19-8-6-12(13)7-9-19/h2-5,12-13H,6-10H2,1H3,(H,18,20). The SMILES string of the molecule is Cc1ccc(-c2ccc(C(=O)NC3CN4CCC3CC4)s2)s1. The summed E-state index contributed by atoms with van der Waals surface area (Å²) in [6, 6.07) is 8.64. The summed E-state index contributed by atoms with van der Waals surface area (Å²) in [6.45, 7) is 5.55. The van der Waals surface area contributed by atoms with E-state index in [-0.39, 0.29) is 5.91 Å². The summed E-state index contributed by atoms with van der Waals surface area (Å²) in [5.41, 5.74) is 0. The molecule has 2 aromatic heterocycles. The molecule has 2 aromatic rings. The maximum Gasteiger partial charge on any atom is 0.261 e. The molecule has 5 heteroatoms. The summed E-state index contributed by atoms with van der Waals surface area (Å²) in [6.07, 6.45) is 2.46. The van der Waals surface area contributed by atoms with Gasteiger partial charge in [-0.05, 0) is 63.0 Å². The molecule has 3 aliphatic heterocycles. The highest BCUT2D eigenvalue weighted by Gasteiger charge is 2.35. The maximum atomic E-state index is 12.5. The zero-order valence-corrected chi connectivity index (χ0v) is 14.3. The van der Waals surface area contributed by atoms with Gasteiger partial charge >= 0.3 is 0 Å². The number of rotatable bonds is 3. The molecule has 116 valence electrons. The third-order valence-electron chi connectivity index (χ3n) is 4.79. The van der Waals surface area contributed by atoms with Crippen molar-refractivity contribution in [2.24, 2.45) is 5.92 Å². The van der Waals surface area contributed by atoms with Crippen molar-refractivity contribution in [2.75, 3.05) is 19.6 Å². The molecule has 0 spiro atoms. The molecule has 3 aliphatic rings. The van der Waals surface area contributed by atoms with E-state index in [9.17, 15) is 4.79 Å². The molecule has 0 aliphatic carbocycles. The number of carbonyl (C=O) groups excluding carboxylic acids is 1. The quantitative estimate of drug-likeness (QED) is 0.931. The number of thiophene rings is 2. The molecular formula is C17H20N2OS2. The molecule has 1 amide bonds. The van der Waals surface area contributed by atoms with Gasteiger partial charge < -0.3 is 10.2 Å². The molecule has 1 N–H and O–H groups in total. The van der Waals surface area contributed by atoms with Gasteiger partial charge in [-0.1, -0.05) is 0 Å². The summed E-state index contributed by atoms with van der Waals surface area (Å²) in [5, 5.41) is 3.27. The molecule has 1 unspecified atom stereocenters. The lowest BCUT2D eigenvalue weighted by Crippen LogP contribution is -2.57. The minimum atomic E-state index is 0.100. The predicted octanol–water partition coefficient (Wildman–Crippen LogP) is 3.61. The number of hydrogen-bond donors (Lipinski definition) is 1. The smallest absolute Gasteiger partial charge is 0.261 e. The normalized spacial score (nSPS) is 27.0. The second-order valence-corrected chi connectivity index (χ2v) is 8.66. The van der Waals surface area contributed by atoms with Crippen LogP contribution in [0.1, 0.15) is 27.4 Å². The highest BCUT2D eigenvalue weighted by atomic mass is 32.1. The van der Waals surface area contributed by atoms with Crippen LogP contribution in [0.4, 0.5) is 0 Å². The van der Waals surface area contributed by atoms with Gasteiger partial charge in [0.05, 0.1) is 4.88 Å². The van der Waals surface area contributed by atoms with E-state index in [1.54, 1.807) is 22.7 Å². The molecule has 5 heterocycles. The Hall–Kier alpha value is -1.17. The van der Waals surface area contributed by atoms with Gasteiger partial charge in [0.1, 0.15) is 0 Å². The largest absolute Gasteiger partial charge is 0.347 e. The van der Waals surface area contributed by atoms with Gasteiger partial charge in [-0.3, -0.25) is 4.79 Å². The topological polar surface area (TPSA) is 32.3 Å².